The van der Waals surface area contributed by atoms with Crippen molar-refractivity contribution in [1.29, 1.82) is 0 Å². The van der Waals surface area contributed by atoms with Crippen LogP contribution in [0.2, 0.25) is 5.02 Å². The first kappa shape index (κ1) is 19.7. The molecular weight excluding hydrogens is 452 g/mol. The first-order valence-corrected chi connectivity index (χ1v) is 10.3. The number of halogens is 2. The molecule has 3 aromatic rings. The Hall–Kier alpha value is -2.63. The molecule has 0 radical (unpaired) electrons. The molecule has 1 aliphatic heterocycles. The molecule has 4 nitrogen and oxygen atoms in total. The van der Waals surface area contributed by atoms with Gasteiger partial charge in [0, 0.05) is 23.1 Å². The number of fused-ring (bicyclic) bond motifs is 1. The largest absolute Gasteiger partial charge is 0.318 e. The molecule has 0 fully saturated rings. The molecule has 146 valence electrons. The molecule has 3 aromatic carbocycles. The summed E-state index contributed by atoms with van der Waals surface area (Å²) in [6, 6.07) is 21.4. The molecule has 0 saturated heterocycles. The number of carbonyl (C=O) groups excluding carboxylic acids is 2. The van der Waals surface area contributed by atoms with Gasteiger partial charge in [-0.25, -0.2) is 0 Å². The molecule has 1 aliphatic rings. The van der Waals surface area contributed by atoms with E-state index in [0.29, 0.717) is 22.8 Å². The van der Waals surface area contributed by atoms with Crippen molar-refractivity contribution in [1.82, 2.24) is 4.90 Å². The summed E-state index contributed by atoms with van der Waals surface area (Å²) in [5.41, 5.74) is 2.76. The fourth-order valence-corrected chi connectivity index (χ4v) is 4.08. The van der Waals surface area contributed by atoms with E-state index in [2.05, 4.69) is 15.9 Å². The normalized spacial score (nSPS) is 16.6. The van der Waals surface area contributed by atoms with Crippen LogP contribution in [-0.2, 0) is 11.3 Å². The number of rotatable bonds is 3. The number of anilines is 1. The minimum absolute atomic E-state index is 0.169. The molecule has 1 unspecified atom stereocenters. The van der Waals surface area contributed by atoms with Crippen LogP contribution in [-0.4, -0.2) is 23.8 Å². The highest BCUT2D eigenvalue weighted by Gasteiger charge is 2.39. The standard InChI is InChI=1S/C23H18BrClN2O2/c1-26-20-12-9-17(24)13-19(20)22(28)27(14-15-5-3-2-4-6-15)21(23(26)29)16-7-10-18(25)11-8-16/h2-13,21H,14H2,1H3. The monoisotopic (exact) mass is 468 g/mol. The number of carbonyl (C=O) groups is 2. The van der Waals surface area contributed by atoms with E-state index < -0.39 is 6.04 Å². The van der Waals surface area contributed by atoms with Crippen LogP contribution in [0.15, 0.2) is 77.3 Å². The lowest BCUT2D eigenvalue weighted by molar-refractivity contribution is -0.123. The Morgan fingerprint density at radius 1 is 0.966 bits per heavy atom. The second-order valence-electron chi connectivity index (χ2n) is 6.93. The van der Waals surface area contributed by atoms with Crippen molar-refractivity contribution in [2.45, 2.75) is 12.6 Å². The maximum absolute atomic E-state index is 13.6. The molecule has 4 rings (SSSR count). The van der Waals surface area contributed by atoms with Gasteiger partial charge in [-0.3, -0.25) is 9.59 Å². The first-order chi connectivity index (χ1) is 14.0. The zero-order valence-electron chi connectivity index (χ0n) is 15.7. The first-order valence-electron chi connectivity index (χ1n) is 9.13. The number of benzene rings is 3. The summed E-state index contributed by atoms with van der Waals surface area (Å²) in [6.45, 7) is 0.318. The van der Waals surface area contributed by atoms with Gasteiger partial charge in [0.15, 0.2) is 0 Å². The summed E-state index contributed by atoms with van der Waals surface area (Å²) in [7, 11) is 1.71. The van der Waals surface area contributed by atoms with Crippen LogP contribution in [0.1, 0.15) is 27.5 Å². The maximum atomic E-state index is 13.6. The highest BCUT2D eigenvalue weighted by Crippen LogP contribution is 2.36. The third-order valence-electron chi connectivity index (χ3n) is 5.07. The summed E-state index contributed by atoms with van der Waals surface area (Å²) in [4.78, 5) is 30.3. The third kappa shape index (κ3) is 3.80. The summed E-state index contributed by atoms with van der Waals surface area (Å²) in [5.74, 6) is -0.361. The average molecular weight is 470 g/mol. The van der Waals surface area contributed by atoms with Crippen LogP contribution in [0.5, 0.6) is 0 Å². The van der Waals surface area contributed by atoms with Gasteiger partial charge in [-0.05, 0) is 41.5 Å². The lowest BCUT2D eigenvalue weighted by Crippen LogP contribution is -2.40. The predicted octanol–water partition coefficient (Wildman–Crippen LogP) is 5.46. The summed E-state index contributed by atoms with van der Waals surface area (Å²) >= 11 is 9.50. The molecule has 6 heteroatoms. The lowest BCUT2D eigenvalue weighted by Gasteiger charge is -2.30. The topological polar surface area (TPSA) is 40.6 Å². The molecular formula is C23H18BrClN2O2. The minimum Gasteiger partial charge on any atom is -0.318 e. The molecule has 1 atom stereocenters. The van der Waals surface area contributed by atoms with E-state index in [1.54, 1.807) is 53.2 Å². The Balaban J connectivity index is 1.88. The van der Waals surface area contributed by atoms with E-state index in [9.17, 15) is 9.59 Å². The highest BCUT2D eigenvalue weighted by molar-refractivity contribution is 9.10. The quantitative estimate of drug-likeness (QED) is 0.511. The fourth-order valence-electron chi connectivity index (χ4n) is 3.59. The number of amides is 2. The van der Waals surface area contributed by atoms with E-state index in [0.717, 1.165) is 15.6 Å². The van der Waals surface area contributed by atoms with Gasteiger partial charge in [0.05, 0.1) is 11.3 Å². The third-order valence-corrected chi connectivity index (χ3v) is 5.81. The fraction of sp³-hybridized carbons (Fsp3) is 0.130. The number of likely N-dealkylation sites (N-methyl/N-ethyl adjacent to an activating group) is 1. The Kier molecular flexibility index (Phi) is 5.43. The van der Waals surface area contributed by atoms with E-state index in [4.69, 9.17) is 11.6 Å². The Morgan fingerprint density at radius 3 is 2.34 bits per heavy atom. The number of hydrogen-bond donors (Lipinski definition) is 0. The van der Waals surface area contributed by atoms with E-state index in [1.165, 1.54) is 0 Å². The van der Waals surface area contributed by atoms with Gasteiger partial charge in [-0.2, -0.15) is 0 Å². The van der Waals surface area contributed by atoms with Crippen molar-refractivity contribution in [3.8, 4) is 0 Å². The molecule has 0 saturated carbocycles. The average Bonchev–Trinajstić information content (AvgIpc) is 2.80. The second-order valence-corrected chi connectivity index (χ2v) is 8.28. The zero-order valence-corrected chi connectivity index (χ0v) is 18.0. The maximum Gasteiger partial charge on any atom is 0.257 e. The number of hydrogen-bond acceptors (Lipinski definition) is 2. The number of nitrogens with zero attached hydrogens (tertiary/aromatic N) is 2. The predicted molar refractivity (Wildman–Crippen MR) is 118 cm³/mol. The summed E-state index contributed by atoms with van der Waals surface area (Å²) < 4.78 is 0.787. The van der Waals surface area contributed by atoms with Crippen molar-refractivity contribution in [2.75, 3.05) is 11.9 Å². The lowest BCUT2D eigenvalue weighted by atomic mass is 10.0. The van der Waals surface area contributed by atoms with Crippen LogP contribution in [0.4, 0.5) is 5.69 Å². The molecule has 0 N–H and O–H groups in total. The molecule has 0 aromatic heterocycles. The molecule has 2 amide bonds. The van der Waals surface area contributed by atoms with Crippen molar-refractivity contribution < 1.29 is 9.59 Å². The Bertz CT molecular complexity index is 1070. The van der Waals surface area contributed by atoms with Gasteiger partial charge < -0.3 is 9.80 Å². The van der Waals surface area contributed by atoms with Crippen LogP contribution in [0.3, 0.4) is 0 Å². The van der Waals surface area contributed by atoms with Crippen LogP contribution in [0.25, 0.3) is 0 Å². The van der Waals surface area contributed by atoms with Gasteiger partial charge in [0.2, 0.25) is 0 Å². The van der Waals surface area contributed by atoms with Gasteiger partial charge >= 0.3 is 0 Å². The summed E-state index contributed by atoms with van der Waals surface area (Å²) in [6.07, 6.45) is 0. The molecule has 0 bridgehead atoms. The SMILES string of the molecule is CN1C(=O)C(c2ccc(Cl)cc2)N(Cc2ccccc2)C(=O)c2cc(Br)ccc21. The van der Waals surface area contributed by atoms with Crippen molar-refractivity contribution in [3.63, 3.8) is 0 Å². The van der Waals surface area contributed by atoms with Crippen molar-refractivity contribution in [3.05, 3.63) is 99.0 Å². The Labute approximate surface area is 182 Å². The van der Waals surface area contributed by atoms with Gasteiger partial charge in [-0.1, -0.05) is 70.0 Å². The smallest absolute Gasteiger partial charge is 0.257 e. The van der Waals surface area contributed by atoms with Gasteiger partial charge in [-0.15, -0.1) is 0 Å². The van der Waals surface area contributed by atoms with E-state index in [-0.39, 0.29) is 11.8 Å². The molecule has 0 aliphatic carbocycles. The molecule has 29 heavy (non-hydrogen) atoms. The molecule has 1 heterocycles. The van der Waals surface area contributed by atoms with E-state index in [1.807, 2.05) is 36.4 Å². The second kappa shape index (κ2) is 8.01. The van der Waals surface area contributed by atoms with Gasteiger partial charge in [0.1, 0.15) is 6.04 Å². The van der Waals surface area contributed by atoms with Crippen LogP contribution >= 0.6 is 27.5 Å². The zero-order chi connectivity index (χ0) is 20.5. The summed E-state index contributed by atoms with van der Waals surface area (Å²) in [5, 5.41) is 0.580. The minimum atomic E-state index is -0.754. The van der Waals surface area contributed by atoms with Crippen molar-refractivity contribution >= 4 is 45.0 Å². The van der Waals surface area contributed by atoms with Crippen LogP contribution < -0.4 is 4.90 Å². The molecule has 0 spiro atoms. The Morgan fingerprint density at radius 2 is 1.66 bits per heavy atom. The van der Waals surface area contributed by atoms with Gasteiger partial charge in [0.25, 0.3) is 11.8 Å². The van der Waals surface area contributed by atoms with Crippen LogP contribution in [0, 0.1) is 0 Å². The van der Waals surface area contributed by atoms with Crippen molar-refractivity contribution in [2.24, 2.45) is 0 Å². The van der Waals surface area contributed by atoms with E-state index >= 15 is 0 Å². The highest BCUT2D eigenvalue weighted by atomic mass is 79.9.